The fourth-order valence-corrected chi connectivity index (χ4v) is 2.59. The second-order valence-electron chi connectivity index (χ2n) is 4.23. The van der Waals surface area contributed by atoms with E-state index >= 15 is 0 Å². The summed E-state index contributed by atoms with van der Waals surface area (Å²) in [6.07, 6.45) is 0.747. The number of amides is 1. The molecule has 1 amide bonds. The lowest BCUT2D eigenvalue weighted by Crippen LogP contribution is -2.32. The maximum atomic E-state index is 11.9. The first-order chi connectivity index (χ1) is 8.47. The smallest absolute Gasteiger partial charge is 0.222 e. The molecule has 0 aromatic heterocycles. The third kappa shape index (κ3) is 4.14. The molecule has 1 rings (SSSR count). The molecular weight excluding hydrogens is 250 g/mol. The van der Waals surface area contributed by atoms with E-state index in [2.05, 4.69) is 5.32 Å². The Morgan fingerprint density at radius 3 is 2.44 bits per heavy atom. The first-order valence-corrected chi connectivity index (χ1v) is 7.68. The van der Waals surface area contributed by atoms with Gasteiger partial charge in [0, 0.05) is 12.5 Å². The molecular formula is C13H19NO3S. The average Bonchev–Trinajstić information content (AvgIpc) is 2.38. The molecule has 1 atom stereocenters. The monoisotopic (exact) mass is 269 g/mol. The maximum absolute atomic E-state index is 11.9. The summed E-state index contributed by atoms with van der Waals surface area (Å²) >= 11 is 0. The highest BCUT2D eigenvalue weighted by molar-refractivity contribution is 7.91. The highest BCUT2D eigenvalue weighted by Crippen LogP contribution is 2.09. The van der Waals surface area contributed by atoms with Crippen LogP contribution in [-0.4, -0.2) is 26.6 Å². The summed E-state index contributed by atoms with van der Waals surface area (Å²) in [6, 6.07) is 8.26. The fourth-order valence-electron chi connectivity index (χ4n) is 1.41. The number of nitrogens with one attached hydrogen (secondary N) is 1. The molecule has 0 saturated heterocycles. The molecule has 1 aromatic carbocycles. The maximum Gasteiger partial charge on any atom is 0.222 e. The zero-order valence-corrected chi connectivity index (χ0v) is 11.5. The number of hydrogen-bond donors (Lipinski definition) is 1. The number of hydrogen-bond acceptors (Lipinski definition) is 3. The van der Waals surface area contributed by atoms with Crippen molar-refractivity contribution in [2.75, 3.05) is 12.3 Å². The lowest BCUT2D eigenvalue weighted by molar-refractivity contribution is -0.124. The number of carbonyl (C=O) groups is 1. The Morgan fingerprint density at radius 2 is 1.89 bits per heavy atom. The van der Waals surface area contributed by atoms with E-state index in [4.69, 9.17) is 0 Å². The van der Waals surface area contributed by atoms with Gasteiger partial charge in [0.15, 0.2) is 9.84 Å². The van der Waals surface area contributed by atoms with Gasteiger partial charge in [0.05, 0.1) is 10.6 Å². The van der Waals surface area contributed by atoms with Gasteiger partial charge in [-0.2, -0.15) is 0 Å². The topological polar surface area (TPSA) is 63.2 Å². The van der Waals surface area contributed by atoms with Crippen LogP contribution in [0.25, 0.3) is 0 Å². The summed E-state index contributed by atoms with van der Waals surface area (Å²) in [5.41, 5.74) is 0. The van der Waals surface area contributed by atoms with Crippen molar-refractivity contribution in [2.45, 2.75) is 25.2 Å². The lowest BCUT2D eigenvalue weighted by Gasteiger charge is -2.10. The highest BCUT2D eigenvalue weighted by atomic mass is 32.2. The van der Waals surface area contributed by atoms with Gasteiger partial charge in [-0.05, 0) is 18.6 Å². The van der Waals surface area contributed by atoms with Crippen LogP contribution < -0.4 is 5.32 Å². The van der Waals surface area contributed by atoms with Gasteiger partial charge in [-0.25, -0.2) is 8.42 Å². The number of rotatable bonds is 6. The van der Waals surface area contributed by atoms with Gasteiger partial charge < -0.3 is 5.32 Å². The van der Waals surface area contributed by atoms with E-state index in [0.29, 0.717) is 4.90 Å². The molecule has 100 valence electrons. The summed E-state index contributed by atoms with van der Waals surface area (Å²) in [4.78, 5) is 11.8. The third-order valence-corrected chi connectivity index (χ3v) is 4.56. The van der Waals surface area contributed by atoms with Gasteiger partial charge in [0.25, 0.3) is 0 Å². The Kier molecular flexibility index (Phi) is 5.34. The molecule has 0 saturated carbocycles. The van der Waals surface area contributed by atoms with Gasteiger partial charge in [-0.1, -0.05) is 32.0 Å². The predicted octanol–water partition coefficient (Wildman–Crippen LogP) is 1.62. The van der Waals surface area contributed by atoms with Crippen molar-refractivity contribution >= 4 is 15.7 Å². The third-order valence-electron chi connectivity index (χ3n) is 2.83. The normalized spacial score (nSPS) is 13.0. The standard InChI is InChI=1S/C13H19NO3S/c1-3-11(2)13(15)14-9-10-18(16,17)12-7-5-4-6-8-12/h4-8,11H,3,9-10H2,1-2H3,(H,14,15). The zero-order valence-electron chi connectivity index (χ0n) is 10.7. The molecule has 5 heteroatoms. The molecule has 1 unspecified atom stereocenters. The van der Waals surface area contributed by atoms with Gasteiger partial charge in [-0.15, -0.1) is 0 Å². The Balaban J connectivity index is 2.52. The van der Waals surface area contributed by atoms with Crippen molar-refractivity contribution < 1.29 is 13.2 Å². The Labute approximate surface area is 108 Å². The quantitative estimate of drug-likeness (QED) is 0.853. The molecule has 0 fully saturated rings. The minimum Gasteiger partial charge on any atom is -0.355 e. The summed E-state index contributed by atoms with van der Waals surface area (Å²) < 4.78 is 23.8. The molecule has 0 radical (unpaired) electrons. The van der Waals surface area contributed by atoms with E-state index in [1.165, 1.54) is 0 Å². The largest absolute Gasteiger partial charge is 0.355 e. The van der Waals surface area contributed by atoms with Gasteiger partial charge in [0.2, 0.25) is 5.91 Å². The molecule has 0 aliphatic heterocycles. The van der Waals surface area contributed by atoms with E-state index in [-0.39, 0.29) is 24.1 Å². The SMILES string of the molecule is CCC(C)C(=O)NCCS(=O)(=O)c1ccccc1. The first-order valence-electron chi connectivity index (χ1n) is 6.03. The van der Waals surface area contributed by atoms with Crippen LogP contribution in [0.15, 0.2) is 35.2 Å². The van der Waals surface area contributed by atoms with Crippen molar-refractivity contribution in [3.05, 3.63) is 30.3 Å². The minimum atomic E-state index is -3.30. The van der Waals surface area contributed by atoms with E-state index in [9.17, 15) is 13.2 Å². The van der Waals surface area contributed by atoms with Gasteiger partial charge in [-0.3, -0.25) is 4.79 Å². The Bertz CT molecular complexity index is 482. The van der Waals surface area contributed by atoms with E-state index < -0.39 is 9.84 Å². The van der Waals surface area contributed by atoms with Crippen LogP contribution in [0.5, 0.6) is 0 Å². The van der Waals surface area contributed by atoms with Crippen LogP contribution in [0.2, 0.25) is 0 Å². The summed E-state index contributed by atoms with van der Waals surface area (Å²) in [5.74, 6) is -0.246. The van der Waals surface area contributed by atoms with E-state index in [1.807, 2.05) is 13.8 Å². The van der Waals surface area contributed by atoms with E-state index in [1.54, 1.807) is 30.3 Å². The van der Waals surface area contributed by atoms with Crippen LogP contribution in [0, 0.1) is 5.92 Å². The van der Waals surface area contributed by atoms with Crippen LogP contribution in [-0.2, 0) is 14.6 Å². The lowest BCUT2D eigenvalue weighted by atomic mass is 10.1. The summed E-state index contributed by atoms with van der Waals surface area (Å²) in [7, 11) is -3.30. The molecule has 18 heavy (non-hydrogen) atoms. The van der Waals surface area contributed by atoms with Crippen LogP contribution in [0.3, 0.4) is 0 Å². The van der Waals surface area contributed by atoms with Crippen molar-refractivity contribution in [1.29, 1.82) is 0 Å². The summed E-state index contributed by atoms with van der Waals surface area (Å²) in [5, 5.41) is 2.64. The minimum absolute atomic E-state index is 0.0703. The molecule has 4 nitrogen and oxygen atoms in total. The average molecular weight is 269 g/mol. The summed E-state index contributed by atoms with van der Waals surface area (Å²) in [6.45, 7) is 3.90. The van der Waals surface area contributed by atoms with Crippen molar-refractivity contribution in [1.82, 2.24) is 5.32 Å². The molecule has 0 spiro atoms. The van der Waals surface area contributed by atoms with Crippen LogP contribution in [0.1, 0.15) is 20.3 Å². The van der Waals surface area contributed by atoms with Gasteiger partial charge in [0.1, 0.15) is 0 Å². The number of sulfone groups is 1. The molecule has 1 aromatic rings. The van der Waals surface area contributed by atoms with Gasteiger partial charge >= 0.3 is 0 Å². The zero-order chi connectivity index (χ0) is 13.6. The molecule has 0 bridgehead atoms. The second kappa shape index (κ2) is 6.54. The fraction of sp³-hybridized carbons (Fsp3) is 0.462. The molecule has 0 heterocycles. The van der Waals surface area contributed by atoms with Crippen molar-refractivity contribution in [3.63, 3.8) is 0 Å². The molecule has 0 aliphatic carbocycles. The van der Waals surface area contributed by atoms with Crippen molar-refractivity contribution in [3.8, 4) is 0 Å². The van der Waals surface area contributed by atoms with Crippen LogP contribution >= 0.6 is 0 Å². The molecule has 0 aliphatic rings. The van der Waals surface area contributed by atoms with E-state index in [0.717, 1.165) is 6.42 Å². The highest BCUT2D eigenvalue weighted by Gasteiger charge is 2.15. The Morgan fingerprint density at radius 1 is 1.28 bits per heavy atom. The predicted molar refractivity (Wildman–Crippen MR) is 71.0 cm³/mol. The van der Waals surface area contributed by atoms with Crippen LogP contribution in [0.4, 0.5) is 0 Å². The second-order valence-corrected chi connectivity index (χ2v) is 6.34. The molecule has 1 N–H and O–H groups in total. The Hall–Kier alpha value is -1.36. The van der Waals surface area contributed by atoms with Crippen molar-refractivity contribution in [2.24, 2.45) is 5.92 Å². The first kappa shape index (κ1) is 14.7. The number of benzene rings is 1. The number of carbonyl (C=O) groups excluding carboxylic acids is 1.